The molecule has 1 heteroatoms. The summed E-state index contributed by atoms with van der Waals surface area (Å²) in [7, 11) is 0. The van der Waals surface area contributed by atoms with Gasteiger partial charge in [-0.05, 0) is 85.5 Å². The largest absolute Gasteiger partial charge is 0.309 e. The summed E-state index contributed by atoms with van der Waals surface area (Å²) >= 11 is 0. The van der Waals surface area contributed by atoms with Crippen LogP contribution >= 0.6 is 0 Å². The summed E-state index contributed by atoms with van der Waals surface area (Å²) < 4.78 is 2.39. The second kappa shape index (κ2) is 10.2. The molecule has 0 fully saturated rings. The quantitative estimate of drug-likeness (QED) is 0.183. The van der Waals surface area contributed by atoms with E-state index in [4.69, 9.17) is 0 Å². The molecule has 1 nitrogen and oxygen atoms in total. The van der Waals surface area contributed by atoms with Crippen LogP contribution in [0.25, 0.3) is 71.3 Å². The average molecular weight is 566 g/mol. The molecular weight excluding hydrogens is 530 g/mol. The number of hydrogen-bond donors (Lipinski definition) is 0. The maximum Gasteiger partial charge on any atom is 0.0541 e. The zero-order chi connectivity index (χ0) is 29.8. The highest BCUT2D eigenvalue weighted by Gasteiger charge is 2.25. The minimum Gasteiger partial charge on any atom is -0.309 e. The summed E-state index contributed by atoms with van der Waals surface area (Å²) in [6.07, 6.45) is 1.08. The van der Waals surface area contributed by atoms with E-state index in [1.807, 2.05) is 0 Å². The summed E-state index contributed by atoms with van der Waals surface area (Å²) in [5.74, 6) is 0. The normalized spacial score (nSPS) is 12.1. The summed E-state index contributed by atoms with van der Waals surface area (Å²) in [6.45, 7) is 7.02. The van der Waals surface area contributed by atoms with Crippen molar-refractivity contribution in [3.63, 3.8) is 0 Å². The van der Waals surface area contributed by atoms with Gasteiger partial charge in [-0.3, -0.25) is 0 Å². The minimum atomic E-state index is 0.0696. The van der Waals surface area contributed by atoms with E-state index < -0.39 is 0 Å². The van der Waals surface area contributed by atoms with Gasteiger partial charge in [0.1, 0.15) is 0 Å². The third-order valence-electron chi connectivity index (χ3n) is 9.74. The molecule has 0 saturated carbocycles. The van der Waals surface area contributed by atoms with Gasteiger partial charge in [0.15, 0.2) is 0 Å². The monoisotopic (exact) mass is 565 g/mol. The van der Waals surface area contributed by atoms with Crippen LogP contribution in [0, 0.1) is 0 Å². The van der Waals surface area contributed by atoms with Crippen molar-refractivity contribution in [2.24, 2.45) is 0 Å². The van der Waals surface area contributed by atoms with Crippen molar-refractivity contribution in [2.45, 2.75) is 32.6 Å². The van der Waals surface area contributed by atoms with Crippen molar-refractivity contribution in [1.82, 2.24) is 4.57 Å². The highest BCUT2D eigenvalue weighted by Crippen LogP contribution is 2.46. The number of hydrogen-bond acceptors (Lipinski definition) is 0. The number of para-hydroxylation sites is 2. The maximum atomic E-state index is 2.39. The van der Waals surface area contributed by atoms with E-state index in [1.54, 1.807) is 0 Å². The summed E-state index contributed by atoms with van der Waals surface area (Å²) in [5.41, 5.74) is 10.3. The van der Waals surface area contributed by atoms with Crippen LogP contribution in [-0.2, 0) is 5.41 Å². The van der Waals surface area contributed by atoms with Gasteiger partial charge in [-0.1, -0.05) is 142 Å². The topological polar surface area (TPSA) is 4.93 Å². The van der Waals surface area contributed by atoms with E-state index in [-0.39, 0.29) is 5.41 Å². The van der Waals surface area contributed by atoms with E-state index in [0.717, 1.165) is 6.42 Å². The van der Waals surface area contributed by atoms with Gasteiger partial charge in [0.05, 0.1) is 11.0 Å². The first kappa shape index (κ1) is 26.5. The molecule has 0 amide bonds. The van der Waals surface area contributed by atoms with Crippen LogP contribution in [-0.4, -0.2) is 4.57 Å². The fourth-order valence-electron chi connectivity index (χ4n) is 7.19. The molecule has 0 aliphatic rings. The first-order chi connectivity index (χ1) is 21.6. The maximum absolute atomic E-state index is 2.39. The molecule has 1 aromatic heterocycles. The van der Waals surface area contributed by atoms with Crippen molar-refractivity contribution in [3.05, 3.63) is 151 Å². The molecule has 0 aliphatic carbocycles. The summed E-state index contributed by atoms with van der Waals surface area (Å²) in [5, 5.41) is 7.74. The lowest BCUT2D eigenvalue weighted by Crippen LogP contribution is -2.16. The van der Waals surface area contributed by atoms with E-state index in [1.165, 1.54) is 76.9 Å². The fourth-order valence-corrected chi connectivity index (χ4v) is 7.19. The Labute approximate surface area is 259 Å². The molecule has 0 radical (unpaired) electrons. The molecule has 8 aromatic rings. The van der Waals surface area contributed by atoms with Gasteiger partial charge in [0.25, 0.3) is 0 Å². The Morgan fingerprint density at radius 3 is 1.41 bits per heavy atom. The standard InChI is InChI=1S/C43H35N/c1-4-43(2,3)38-22-12-9-21-37(38)42-35-19-7-5-17-33(35)41(34-18-6-8-20-36(34)42)29-25-27-30(28-26-29)44-39-23-13-10-15-31(39)32-16-11-14-24-40(32)44/h5-28H,4H2,1-3H3. The molecule has 212 valence electrons. The minimum absolute atomic E-state index is 0.0696. The molecule has 7 aromatic carbocycles. The van der Waals surface area contributed by atoms with Gasteiger partial charge >= 0.3 is 0 Å². The third kappa shape index (κ3) is 4.00. The van der Waals surface area contributed by atoms with Crippen LogP contribution in [0.15, 0.2) is 146 Å². The number of rotatable bonds is 5. The van der Waals surface area contributed by atoms with Crippen molar-refractivity contribution in [3.8, 4) is 27.9 Å². The molecular formula is C43H35N. The van der Waals surface area contributed by atoms with E-state index in [0.29, 0.717) is 0 Å². The number of aromatic nitrogens is 1. The lowest BCUT2D eigenvalue weighted by Gasteiger charge is -2.28. The summed E-state index contributed by atoms with van der Waals surface area (Å²) in [4.78, 5) is 0. The molecule has 0 atom stereocenters. The first-order valence-electron chi connectivity index (χ1n) is 15.7. The van der Waals surface area contributed by atoms with Gasteiger partial charge < -0.3 is 4.57 Å². The van der Waals surface area contributed by atoms with E-state index >= 15 is 0 Å². The SMILES string of the molecule is CCC(C)(C)c1ccccc1-c1c2ccccc2c(-c2ccc(-n3c4ccccc4c4ccccc43)cc2)c2ccccc12. The number of benzene rings is 7. The smallest absolute Gasteiger partial charge is 0.0541 e. The zero-order valence-corrected chi connectivity index (χ0v) is 25.5. The lowest BCUT2D eigenvalue weighted by atomic mass is 9.76. The Balaban J connectivity index is 1.38. The van der Waals surface area contributed by atoms with Crippen LogP contribution < -0.4 is 0 Å². The molecule has 0 bridgehead atoms. The van der Waals surface area contributed by atoms with Crippen molar-refractivity contribution in [1.29, 1.82) is 0 Å². The van der Waals surface area contributed by atoms with Crippen molar-refractivity contribution in [2.75, 3.05) is 0 Å². The van der Waals surface area contributed by atoms with Gasteiger partial charge in [-0.25, -0.2) is 0 Å². The second-order valence-corrected chi connectivity index (χ2v) is 12.5. The predicted octanol–water partition coefficient (Wildman–Crippen LogP) is 12.1. The van der Waals surface area contributed by atoms with Crippen LogP contribution in [0.1, 0.15) is 32.8 Å². The lowest BCUT2D eigenvalue weighted by molar-refractivity contribution is 0.508. The Bertz CT molecular complexity index is 2220. The molecule has 0 saturated heterocycles. The van der Waals surface area contributed by atoms with Gasteiger partial charge in [0, 0.05) is 16.5 Å². The highest BCUT2D eigenvalue weighted by atomic mass is 15.0. The van der Waals surface area contributed by atoms with E-state index in [2.05, 4.69) is 171 Å². The molecule has 0 aliphatic heterocycles. The molecule has 0 N–H and O–H groups in total. The average Bonchev–Trinajstić information content (AvgIpc) is 3.42. The Morgan fingerprint density at radius 2 is 0.886 bits per heavy atom. The van der Waals surface area contributed by atoms with Crippen LogP contribution in [0.3, 0.4) is 0 Å². The van der Waals surface area contributed by atoms with Crippen LogP contribution in [0.2, 0.25) is 0 Å². The Hall–Kier alpha value is -5.14. The third-order valence-corrected chi connectivity index (χ3v) is 9.74. The van der Waals surface area contributed by atoms with Gasteiger partial charge in [0.2, 0.25) is 0 Å². The second-order valence-electron chi connectivity index (χ2n) is 12.5. The van der Waals surface area contributed by atoms with Gasteiger partial charge in [-0.15, -0.1) is 0 Å². The predicted molar refractivity (Wildman–Crippen MR) is 190 cm³/mol. The van der Waals surface area contributed by atoms with Crippen LogP contribution in [0.5, 0.6) is 0 Å². The van der Waals surface area contributed by atoms with E-state index in [9.17, 15) is 0 Å². The Morgan fingerprint density at radius 1 is 0.455 bits per heavy atom. The molecule has 0 unspecified atom stereocenters. The molecule has 44 heavy (non-hydrogen) atoms. The molecule has 1 heterocycles. The first-order valence-corrected chi connectivity index (χ1v) is 15.7. The fraction of sp³-hybridized carbons (Fsp3) is 0.116. The van der Waals surface area contributed by atoms with Gasteiger partial charge in [-0.2, -0.15) is 0 Å². The van der Waals surface area contributed by atoms with Crippen molar-refractivity contribution >= 4 is 43.4 Å². The Kier molecular flexibility index (Phi) is 6.17. The highest BCUT2D eigenvalue weighted by molar-refractivity contribution is 6.21. The number of nitrogens with zero attached hydrogens (tertiary/aromatic N) is 1. The van der Waals surface area contributed by atoms with Crippen LogP contribution in [0.4, 0.5) is 0 Å². The summed E-state index contributed by atoms with van der Waals surface area (Å²) in [6, 6.07) is 53.6. The number of fused-ring (bicyclic) bond motifs is 5. The molecule has 8 rings (SSSR count). The van der Waals surface area contributed by atoms with Crippen molar-refractivity contribution < 1.29 is 0 Å². The zero-order valence-electron chi connectivity index (χ0n) is 25.5. The molecule has 0 spiro atoms.